The van der Waals surface area contributed by atoms with E-state index in [-0.39, 0.29) is 24.2 Å². The summed E-state index contributed by atoms with van der Waals surface area (Å²) in [5.41, 5.74) is 4.53. The van der Waals surface area contributed by atoms with Gasteiger partial charge in [-0.1, -0.05) is 18.2 Å². The van der Waals surface area contributed by atoms with Gasteiger partial charge in [-0.05, 0) is 35.9 Å². The Hall–Kier alpha value is -3.69. The lowest BCUT2D eigenvalue weighted by molar-refractivity contribution is 0.0362. The van der Waals surface area contributed by atoms with Gasteiger partial charge in [-0.3, -0.25) is 15.0 Å². The van der Waals surface area contributed by atoms with Crippen molar-refractivity contribution in [1.82, 2.24) is 20.3 Å². The van der Waals surface area contributed by atoms with Crippen molar-refractivity contribution in [1.29, 1.82) is 0 Å². The molecule has 33 heavy (non-hydrogen) atoms. The summed E-state index contributed by atoms with van der Waals surface area (Å²) in [6.45, 7) is 2.64. The number of carbonyl (C=O) groups excluding carboxylic acids is 2. The van der Waals surface area contributed by atoms with Crippen LogP contribution in [0, 0.1) is 0 Å². The van der Waals surface area contributed by atoms with Gasteiger partial charge in [-0.15, -0.1) is 0 Å². The third-order valence-electron chi connectivity index (χ3n) is 6.08. The molecule has 0 spiro atoms. The number of nitrogens with zero attached hydrogens (tertiary/aromatic N) is 3. The number of carbonyl (C=O) groups is 2. The first kappa shape index (κ1) is 21.2. The van der Waals surface area contributed by atoms with Crippen LogP contribution in [-0.4, -0.2) is 64.8 Å². The summed E-state index contributed by atoms with van der Waals surface area (Å²) in [4.78, 5) is 33.5. The second kappa shape index (κ2) is 9.05. The van der Waals surface area contributed by atoms with Gasteiger partial charge in [0.05, 0.1) is 31.3 Å². The Bertz CT molecular complexity index is 1190. The number of urea groups is 1. The highest BCUT2D eigenvalue weighted by Gasteiger charge is 2.33. The Morgan fingerprint density at radius 2 is 1.94 bits per heavy atom. The van der Waals surface area contributed by atoms with Crippen molar-refractivity contribution in [2.24, 2.45) is 0 Å². The molecule has 1 atom stereocenters. The fourth-order valence-corrected chi connectivity index (χ4v) is 4.29. The lowest BCUT2D eigenvalue weighted by Gasteiger charge is -2.36. The number of ether oxygens (including phenoxy) is 2. The summed E-state index contributed by atoms with van der Waals surface area (Å²) in [5.74, 6) is -0.105. The van der Waals surface area contributed by atoms with E-state index < -0.39 is 5.91 Å². The zero-order valence-corrected chi connectivity index (χ0v) is 17.9. The first-order chi connectivity index (χ1) is 16.1. The van der Waals surface area contributed by atoms with Crippen LogP contribution in [-0.2, 0) is 11.3 Å². The number of aromatic nitrogens is 1. The third kappa shape index (κ3) is 4.20. The van der Waals surface area contributed by atoms with Crippen molar-refractivity contribution >= 4 is 22.8 Å². The van der Waals surface area contributed by atoms with Crippen LogP contribution in [0.1, 0.15) is 27.5 Å². The van der Waals surface area contributed by atoms with Crippen LogP contribution < -0.4 is 10.2 Å². The maximum atomic E-state index is 13.6. The number of nitrogens with one attached hydrogen (secondary N) is 1. The average molecular weight is 448 g/mol. The van der Waals surface area contributed by atoms with E-state index in [2.05, 4.69) is 4.98 Å². The number of amides is 3. The molecule has 9 heteroatoms. The summed E-state index contributed by atoms with van der Waals surface area (Å²) in [7, 11) is 0. The van der Waals surface area contributed by atoms with Crippen molar-refractivity contribution < 1.29 is 24.3 Å². The van der Waals surface area contributed by atoms with E-state index in [0.717, 1.165) is 22.0 Å². The Labute approximate surface area is 190 Å². The van der Waals surface area contributed by atoms with Gasteiger partial charge in [0.1, 0.15) is 12.4 Å². The molecule has 0 unspecified atom stereocenters. The maximum Gasteiger partial charge on any atom is 0.321 e. The van der Waals surface area contributed by atoms with E-state index in [0.29, 0.717) is 38.6 Å². The molecule has 1 aromatic heterocycles. The van der Waals surface area contributed by atoms with Gasteiger partial charge in [-0.25, -0.2) is 10.3 Å². The quantitative estimate of drug-likeness (QED) is 0.462. The van der Waals surface area contributed by atoms with Crippen molar-refractivity contribution in [2.45, 2.75) is 12.6 Å². The lowest BCUT2D eigenvalue weighted by Crippen LogP contribution is -2.49. The van der Waals surface area contributed by atoms with Gasteiger partial charge in [0.25, 0.3) is 5.91 Å². The number of pyridine rings is 1. The van der Waals surface area contributed by atoms with Gasteiger partial charge in [0.15, 0.2) is 0 Å². The molecule has 2 N–H and O–H groups in total. The second-order valence-corrected chi connectivity index (χ2v) is 8.06. The number of rotatable bonds is 2. The van der Waals surface area contributed by atoms with Crippen molar-refractivity contribution in [3.05, 3.63) is 71.4 Å². The molecule has 3 aromatic rings. The average Bonchev–Trinajstić information content (AvgIpc) is 3.07. The Balaban J connectivity index is 1.53. The minimum absolute atomic E-state index is 0.0804. The van der Waals surface area contributed by atoms with Crippen LogP contribution in [0.15, 0.2) is 54.7 Å². The SMILES string of the molecule is O=C(NO)c1ccc2c(c1)OC[C@H](c1ccc3ncccc3c1)N(C(=O)N1CCOCC1)C2. The topological polar surface area (TPSA) is 104 Å². The molecule has 0 saturated carbocycles. The first-order valence-electron chi connectivity index (χ1n) is 10.8. The summed E-state index contributed by atoms with van der Waals surface area (Å²) in [6.07, 6.45) is 1.75. The van der Waals surface area contributed by atoms with Crippen LogP contribution in [0.25, 0.3) is 10.9 Å². The number of morpholine rings is 1. The van der Waals surface area contributed by atoms with Crippen molar-refractivity contribution in [3.8, 4) is 5.75 Å². The summed E-state index contributed by atoms with van der Waals surface area (Å²) in [6, 6.07) is 14.4. The van der Waals surface area contributed by atoms with Gasteiger partial charge in [0.2, 0.25) is 0 Å². The van der Waals surface area contributed by atoms with E-state index >= 15 is 0 Å². The van der Waals surface area contributed by atoms with Crippen LogP contribution in [0.4, 0.5) is 4.79 Å². The molecule has 1 saturated heterocycles. The van der Waals surface area contributed by atoms with E-state index in [9.17, 15) is 9.59 Å². The number of hydrogen-bond donors (Lipinski definition) is 2. The highest BCUT2D eigenvalue weighted by atomic mass is 16.5. The highest BCUT2D eigenvalue weighted by molar-refractivity contribution is 5.93. The van der Waals surface area contributed by atoms with Crippen molar-refractivity contribution in [2.75, 3.05) is 32.9 Å². The van der Waals surface area contributed by atoms with Crippen LogP contribution in [0.5, 0.6) is 5.75 Å². The summed E-state index contributed by atoms with van der Waals surface area (Å²) < 4.78 is 11.5. The monoisotopic (exact) mass is 448 g/mol. The molecule has 1 fully saturated rings. The maximum absolute atomic E-state index is 13.6. The van der Waals surface area contributed by atoms with Crippen LogP contribution in [0.2, 0.25) is 0 Å². The van der Waals surface area contributed by atoms with Crippen LogP contribution in [0.3, 0.4) is 0 Å². The molecule has 2 aliphatic rings. The molecule has 5 rings (SSSR count). The molecular weight excluding hydrogens is 424 g/mol. The zero-order chi connectivity index (χ0) is 22.8. The first-order valence-corrected chi connectivity index (χ1v) is 10.8. The predicted octanol–water partition coefficient (Wildman–Crippen LogP) is 2.74. The Morgan fingerprint density at radius 1 is 1.09 bits per heavy atom. The van der Waals surface area contributed by atoms with E-state index in [1.807, 2.05) is 35.2 Å². The van der Waals surface area contributed by atoms with E-state index in [1.165, 1.54) is 0 Å². The summed E-state index contributed by atoms with van der Waals surface area (Å²) in [5, 5.41) is 9.95. The van der Waals surface area contributed by atoms with Crippen LogP contribution >= 0.6 is 0 Å². The van der Waals surface area contributed by atoms with Gasteiger partial charge >= 0.3 is 6.03 Å². The van der Waals surface area contributed by atoms with Crippen molar-refractivity contribution in [3.63, 3.8) is 0 Å². The fraction of sp³-hybridized carbons (Fsp3) is 0.292. The van der Waals surface area contributed by atoms with Gasteiger partial charge < -0.3 is 19.3 Å². The standard InChI is InChI=1S/C24H24N4O5/c29-23(26-31)18-3-4-19-14-28(24(30)27-8-10-32-11-9-27)21(15-33-22(19)13-18)17-5-6-20-16(12-17)2-1-7-25-20/h1-7,12-13,21,31H,8-11,14-15H2,(H,26,29)/t21-/m1/s1. The minimum Gasteiger partial charge on any atom is -0.491 e. The predicted molar refractivity (Wildman–Crippen MR) is 119 cm³/mol. The van der Waals surface area contributed by atoms with E-state index in [1.54, 1.807) is 34.8 Å². The fourth-order valence-electron chi connectivity index (χ4n) is 4.29. The summed E-state index contributed by atoms with van der Waals surface area (Å²) >= 11 is 0. The number of fused-ring (bicyclic) bond motifs is 2. The molecule has 2 aromatic carbocycles. The minimum atomic E-state index is -0.620. The zero-order valence-electron chi connectivity index (χ0n) is 17.9. The number of hydrogen-bond acceptors (Lipinski definition) is 6. The smallest absolute Gasteiger partial charge is 0.321 e. The Morgan fingerprint density at radius 3 is 2.76 bits per heavy atom. The third-order valence-corrected chi connectivity index (χ3v) is 6.08. The largest absolute Gasteiger partial charge is 0.491 e. The van der Waals surface area contributed by atoms with E-state index in [4.69, 9.17) is 14.7 Å². The molecule has 9 nitrogen and oxygen atoms in total. The molecule has 3 heterocycles. The normalized spacial score (nSPS) is 18.3. The molecule has 3 amide bonds. The molecule has 0 aliphatic carbocycles. The molecule has 2 aliphatic heterocycles. The van der Waals surface area contributed by atoms with Gasteiger partial charge in [0, 0.05) is 35.8 Å². The Kier molecular flexibility index (Phi) is 5.80. The number of hydroxylamine groups is 1. The molecule has 170 valence electrons. The molecule has 0 bridgehead atoms. The highest BCUT2D eigenvalue weighted by Crippen LogP contribution is 2.34. The molecular formula is C24H24N4O5. The second-order valence-electron chi connectivity index (χ2n) is 8.06. The molecule has 0 radical (unpaired) electrons. The van der Waals surface area contributed by atoms with Gasteiger partial charge in [-0.2, -0.15) is 0 Å². The number of benzene rings is 2. The lowest BCUT2D eigenvalue weighted by atomic mass is 10.0.